The molecule has 2 aromatic heterocycles. The van der Waals surface area contributed by atoms with Gasteiger partial charge >= 0.3 is 0 Å². The molecule has 0 atom stereocenters. The maximum atomic E-state index is 2.37. The van der Waals surface area contributed by atoms with Gasteiger partial charge in [-0.25, -0.2) is 0 Å². The largest absolute Gasteiger partial charge is 0.134 e. The summed E-state index contributed by atoms with van der Waals surface area (Å²) in [4.78, 5) is 0. The molecule has 4 aromatic carbocycles. The summed E-state index contributed by atoms with van der Waals surface area (Å²) in [5.41, 5.74) is 7.61. The molecule has 162 valence electrons. The zero-order valence-corrected chi connectivity index (χ0v) is 20.2. The summed E-state index contributed by atoms with van der Waals surface area (Å²) in [6.45, 7) is 0. The van der Waals surface area contributed by atoms with Gasteiger partial charge in [0.05, 0.1) is 0 Å². The summed E-state index contributed by atoms with van der Waals surface area (Å²) in [5, 5.41) is 0. The van der Waals surface area contributed by atoms with Crippen LogP contribution in [0.5, 0.6) is 0 Å². The van der Waals surface area contributed by atoms with E-state index in [-0.39, 0.29) is 0 Å². The van der Waals surface area contributed by atoms with Crippen LogP contribution in [0.2, 0.25) is 0 Å². The van der Waals surface area contributed by atoms with E-state index in [0.717, 1.165) is 0 Å². The molecule has 0 N–H and O–H groups in total. The first-order valence-corrected chi connectivity index (χ1v) is 13.0. The Bertz CT molecular complexity index is 1410. The highest BCUT2D eigenvalue weighted by Gasteiger charge is 2.12. The normalized spacial score (nSPS) is 10.9. The van der Waals surface area contributed by atoms with Gasteiger partial charge in [0.2, 0.25) is 0 Å². The Balaban J connectivity index is 1.61. The molecule has 0 unspecified atom stereocenters. The molecule has 6 aromatic rings. The average Bonchev–Trinajstić information content (AvgIpc) is 3.46. The third-order valence-corrected chi connectivity index (χ3v) is 8.28. The van der Waals surface area contributed by atoms with Gasteiger partial charge < -0.3 is 0 Å². The summed E-state index contributed by atoms with van der Waals surface area (Å²) in [7, 11) is 0. The van der Waals surface area contributed by atoms with Crippen LogP contribution < -0.4 is 9.06 Å². The van der Waals surface area contributed by atoms with E-state index < -0.39 is 0 Å². The number of hydrogen-bond acceptors (Lipinski definition) is 2. The van der Waals surface area contributed by atoms with Crippen molar-refractivity contribution in [2.24, 2.45) is 0 Å². The lowest BCUT2D eigenvalue weighted by Crippen LogP contribution is -2.04. The predicted molar refractivity (Wildman–Crippen MR) is 148 cm³/mol. The third kappa shape index (κ3) is 4.03. The molecule has 0 spiro atoms. The molecule has 0 amide bonds. The maximum Gasteiger partial charge on any atom is 0.0463 e. The molecule has 0 aliphatic carbocycles. The van der Waals surface area contributed by atoms with Crippen LogP contribution in [0.25, 0.3) is 20.5 Å². The standard InChI is InChI=1S/C32H22S2/c1-5-13-23(14-6-1)31(24-15-7-2-8-16-24)29-21-27-28(33-29)22-30(34-27)32(25-17-9-3-10-18-25)26-19-11-4-12-20-26/h1-22H. The molecule has 0 nitrogen and oxygen atoms in total. The molecule has 0 saturated heterocycles. The third-order valence-electron chi connectivity index (χ3n) is 5.95. The Morgan fingerprint density at radius 1 is 0.353 bits per heavy atom. The van der Waals surface area contributed by atoms with E-state index in [1.165, 1.54) is 51.9 Å². The van der Waals surface area contributed by atoms with Crippen LogP contribution in [-0.2, 0) is 0 Å². The maximum absolute atomic E-state index is 2.37. The van der Waals surface area contributed by atoms with Crippen LogP contribution in [-0.4, -0.2) is 0 Å². The highest BCUT2D eigenvalue weighted by molar-refractivity contribution is 7.25. The average molecular weight is 471 g/mol. The van der Waals surface area contributed by atoms with Crippen molar-refractivity contribution in [1.82, 2.24) is 0 Å². The van der Waals surface area contributed by atoms with Crippen molar-refractivity contribution in [3.05, 3.63) is 165 Å². The Kier molecular flexibility index (Phi) is 5.68. The minimum Gasteiger partial charge on any atom is -0.134 e. The van der Waals surface area contributed by atoms with E-state index in [2.05, 4.69) is 133 Å². The highest BCUT2D eigenvalue weighted by Crippen LogP contribution is 2.28. The molecule has 0 fully saturated rings. The second-order valence-corrected chi connectivity index (χ2v) is 10.3. The number of hydrogen-bond donors (Lipinski definition) is 0. The van der Waals surface area contributed by atoms with Gasteiger partial charge in [0.15, 0.2) is 0 Å². The molecule has 0 bridgehead atoms. The molecule has 2 heterocycles. The predicted octanol–water partition coefficient (Wildman–Crippen LogP) is 7.46. The van der Waals surface area contributed by atoms with Crippen LogP contribution in [0, 0.1) is 0 Å². The molecule has 2 heteroatoms. The number of rotatable bonds is 4. The van der Waals surface area contributed by atoms with E-state index in [4.69, 9.17) is 0 Å². The molecule has 6 rings (SSSR count). The van der Waals surface area contributed by atoms with E-state index >= 15 is 0 Å². The number of fused-ring (bicyclic) bond motifs is 1. The molecule has 0 aliphatic heterocycles. The van der Waals surface area contributed by atoms with E-state index in [1.807, 2.05) is 22.7 Å². The SMILES string of the molecule is c1ccc(C(c2ccccc2)=c2cc3sc(=C(c4ccccc4)c4ccccc4)cc3s2)cc1. The molecular weight excluding hydrogens is 448 g/mol. The minimum absolute atomic E-state index is 1.25. The van der Waals surface area contributed by atoms with Crippen LogP contribution >= 0.6 is 22.7 Å². The van der Waals surface area contributed by atoms with E-state index in [9.17, 15) is 0 Å². The number of thiophene rings is 2. The van der Waals surface area contributed by atoms with Crippen molar-refractivity contribution < 1.29 is 0 Å². The lowest BCUT2D eigenvalue weighted by molar-refractivity contribution is 1.53. The Morgan fingerprint density at radius 3 is 0.882 bits per heavy atom. The van der Waals surface area contributed by atoms with Crippen molar-refractivity contribution in [1.29, 1.82) is 0 Å². The fourth-order valence-corrected chi connectivity index (χ4v) is 6.98. The zero-order chi connectivity index (χ0) is 22.7. The first kappa shape index (κ1) is 20.9. The Hall–Kier alpha value is -3.72. The van der Waals surface area contributed by atoms with Crippen molar-refractivity contribution >= 4 is 43.2 Å². The lowest BCUT2D eigenvalue weighted by Gasteiger charge is -2.08. The summed E-state index contributed by atoms with van der Waals surface area (Å²) < 4.78 is 5.30. The van der Waals surface area contributed by atoms with Gasteiger partial charge in [0.1, 0.15) is 0 Å². The smallest absolute Gasteiger partial charge is 0.0463 e. The van der Waals surface area contributed by atoms with Crippen molar-refractivity contribution in [2.45, 2.75) is 0 Å². The lowest BCUT2D eigenvalue weighted by atomic mass is 9.98. The second kappa shape index (κ2) is 9.26. The van der Waals surface area contributed by atoms with E-state index in [0.29, 0.717) is 0 Å². The molecular formula is C32H22S2. The van der Waals surface area contributed by atoms with Gasteiger partial charge in [-0.15, -0.1) is 22.7 Å². The monoisotopic (exact) mass is 470 g/mol. The topological polar surface area (TPSA) is 0 Å². The second-order valence-electron chi connectivity index (χ2n) is 8.16. The van der Waals surface area contributed by atoms with Crippen LogP contribution in [0.3, 0.4) is 0 Å². The first-order chi connectivity index (χ1) is 16.9. The minimum atomic E-state index is 1.25. The molecule has 0 radical (unpaired) electrons. The fraction of sp³-hybridized carbons (Fsp3) is 0. The van der Waals surface area contributed by atoms with Crippen molar-refractivity contribution in [2.75, 3.05) is 0 Å². The van der Waals surface area contributed by atoms with Gasteiger partial charge in [-0.05, 0) is 34.4 Å². The summed E-state index contributed by atoms with van der Waals surface area (Å²) in [5.74, 6) is 0. The van der Waals surface area contributed by atoms with E-state index in [1.54, 1.807) is 0 Å². The zero-order valence-electron chi connectivity index (χ0n) is 18.5. The van der Waals surface area contributed by atoms with Crippen LogP contribution in [0.15, 0.2) is 133 Å². The van der Waals surface area contributed by atoms with Crippen molar-refractivity contribution in [3.63, 3.8) is 0 Å². The summed E-state index contributed by atoms with van der Waals surface area (Å²) in [6.07, 6.45) is 0. The molecule has 0 saturated carbocycles. The molecule has 34 heavy (non-hydrogen) atoms. The van der Waals surface area contributed by atoms with Gasteiger partial charge in [-0.1, -0.05) is 121 Å². The summed E-state index contributed by atoms with van der Waals surface area (Å²) in [6, 6.07) is 47.7. The van der Waals surface area contributed by atoms with Crippen LogP contribution in [0.4, 0.5) is 0 Å². The first-order valence-electron chi connectivity index (χ1n) is 11.4. The highest BCUT2D eigenvalue weighted by atomic mass is 32.1. The Labute approximate surface area is 207 Å². The van der Waals surface area contributed by atoms with Gasteiger partial charge in [-0.3, -0.25) is 0 Å². The van der Waals surface area contributed by atoms with Gasteiger partial charge in [0, 0.05) is 29.6 Å². The van der Waals surface area contributed by atoms with Gasteiger partial charge in [0.25, 0.3) is 0 Å². The van der Waals surface area contributed by atoms with Gasteiger partial charge in [-0.2, -0.15) is 0 Å². The molecule has 0 aliphatic rings. The Morgan fingerprint density at radius 2 is 0.618 bits per heavy atom. The number of benzene rings is 4. The quantitative estimate of drug-likeness (QED) is 0.251. The van der Waals surface area contributed by atoms with Crippen LogP contribution in [0.1, 0.15) is 22.3 Å². The summed E-state index contributed by atoms with van der Waals surface area (Å²) >= 11 is 3.77. The van der Waals surface area contributed by atoms with Crippen molar-refractivity contribution in [3.8, 4) is 0 Å². The fourth-order valence-electron chi connectivity index (χ4n) is 4.40.